The molecule has 1 N–H and O–H groups in total. The van der Waals surface area contributed by atoms with Gasteiger partial charge in [-0.05, 0) is 35.4 Å². The molecule has 0 aliphatic carbocycles. The van der Waals surface area contributed by atoms with Crippen LogP contribution in [0.4, 0.5) is 0 Å². The third-order valence-corrected chi connectivity index (χ3v) is 2.79. The van der Waals surface area contributed by atoms with E-state index in [0.29, 0.717) is 11.1 Å². The van der Waals surface area contributed by atoms with Crippen molar-refractivity contribution in [2.75, 3.05) is 0 Å². The van der Waals surface area contributed by atoms with Crippen molar-refractivity contribution in [3.8, 4) is 11.4 Å². The second-order valence-corrected chi connectivity index (χ2v) is 3.91. The molecule has 1 aromatic carbocycles. The van der Waals surface area contributed by atoms with Crippen LogP contribution in [0.5, 0.6) is 0 Å². The Balaban J connectivity index is 0.000001000. The molecule has 0 fully saturated rings. The van der Waals surface area contributed by atoms with Gasteiger partial charge in [0.25, 0.3) is 0 Å². The summed E-state index contributed by atoms with van der Waals surface area (Å²) in [7, 11) is 0. The first kappa shape index (κ1) is 13.9. The van der Waals surface area contributed by atoms with Gasteiger partial charge < -0.3 is 5.84 Å². The van der Waals surface area contributed by atoms with Gasteiger partial charge in [-0.15, -0.1) is 10.2 Å². The van der Waals surface area contributed by atoms with Crippen molar-refractivity contribution in [2.24, 2.45) is 0 Å². The van der Waals surface area contributed by atoms with Gasteiger partial charge in [0.2, 0.25) is 5.82 Å². The molecule has 0 bridgehead atoms. The Labute approximate surface area is 132 Å². The summed E-state index contributed by atoms with van der Waals surface area (Å²) in [4.78, 5) is 11.8. The minimum atomic E-state index is -0.465. The smallest absolute Gasteiger partial charge is 1.00 e. The van der Waals surface area contributed by atoms with Crippen LogP contribution in [0.15, 0.2) is 33.5 Å². The quantitative estimate of drug-likeness (QED) is 0.458. The Kier molecular flexibility index (Phi) is 4.14. The number of H-pyrrole nitrogens is 1. The predicted molar refractivity (Wildman–Crippen MR) is 66.1 cm³/mol. The molecule has 0 aliphatic rings. The Morgan fingerprint density at radius 2 is 2.21 bits per heavy atom. The van der Waals surface area contributed by atoms with Crippen LogP contribution in [-0.2, 0) is 6.42 Å². The molecule has 0 spiro atoms. The Morgan fingerprint density at radius 3 is 2.89 bits per heavy atom. The van der Waals surface area contributed by atoms with E-state index in [0.717, 1.165) is 11.8 Å². The van der Waals surface area contributed by atoms with E-state index in [1.165, 1.54) is 5.56 Å². The molecule has 6 nitrogen and oxygen atoms in total. The van der Waals surface area contributed by atoms with E-state index < -0.39 is 5.63 Å². The van der Waals surface area contributed by atoms with Gasteiger partial charge >= 0.3 is 35.2 Å². The van der Waals surface area contributed by atoms with Crippen molar-refractivity contribution in [3.63, 3.8) is 0 Å². The normalized spacial score (nSPS) is 10.4. The van der Waals surface area contributed by atoms with Crippen molar-refractivity contribution >= 4 is 11.0 Å². The van der Waals surface area contributed by atoms with Gasteiger partial charge in [-0.2, -0.15) is 5.21 Å². The molecule has 3 aromatic rings. The van der Waals surface area contributed by atoms with Crippen molar-refractivity contribution < 1.29 is 35.4 Å². The van der Waals surface area contributed by atoms with Crippen LogP contribution in [-0.4, -0.2) is 20.6 Å². The van der Waals surface area contributed by atoms with E-state index in [2.05, 4.69) is 27.5 Å². The van der Waals surface area contributed by atoms with Crippen molar-refractivity contribution in [2.45, 2.75) is 13.3 Å². The number of benzene rings is 1. The van der Waals surface area contributed by atoms with Crippen LogP contribution in [0.1, 0.15) is 13.9 Å². The maximum absolute atomic E-state index is 11.8. The summed E-state index contributed by atoms with van der Waals surface area (Å²) in [6.45, 7) is 2.07. The van der Waals surface area contributed by atoms with Gasteiger partial charge in [0.1, 0.15) is 11.1 Å². The molecular weight excluding hydrogens is 255 g/mol. The molecule has 19 heavy (non-hydrogen) atoms. The van der Waals surface area contributed by atoms with Crippen LogP contribution in [0.3, 0.4) is 0 Å². The van der Waals surface area contributed by atoms with Gasteiger partial charge in [-0.3, -0.25) is 0 Å². The van der Waals surface area contributed by atoms with Crippen molar-refractivity contribution in [3.05, 3.63) is 40.2 Å². The zero-order valence-electron chi connectivity index (χ0n) is 11.7. The van der Waals surface area contributed by atoms with Crippen LogP contribution < -0.4 is 35.2 Å². The average molecular weight is 266 g/mol. The van der Waals surface area contributed by atoms with Gasteiger partial charge in [0.05, 0.1) is 0 Å². The first-order valence-corrected chi connectivity index (χ1v) is 5.58. The third kappa shape index (κ3) is 2.60. The van der Waals surface area contributed by atoms with Crippen LogP contribution in [0.2, 0.25) is 0 Å². The number of aromatic nitrogens is 4. The van der Waals surface area contributed by atoms with Gasteiger partial charge in [-0.25, -0.2) is 4.79 Å². The molecule has 3 rings (SSSR count). The Hall–Kier alpha value is -1.50. The maximum Gasteiger partial charge on any atom is 1.00 e. The van der Waals surface area contributed by atoms with Crippen molar-refractivity contribution in [1.29, 1.82) is 0 Å². The van der Waals surface area contributed by atoms with E-state index in [1.807, 2.05) is 12.1 Å². The van der Waals surface area contributed by atoms with Gasteiger partial charge in [-0.1, -0.05) is 13.0 Å². The first-order chi connectivity index (χ1) is 8.78. The number of tetrazole rings is 1. The molecule has 0 saturated heterocycles. The summed E-state index contributed by atoms with van der Waals surface area (Å²) in [5.41, 5.74) is 1.58. The van der Waals surface area contributed by atoms with Gasteiger partial charge in [0, 0.05) is 5.39 Å². The zero-order chi connectivity index (χ0) is 12.5. The third-order valence-electron chi connectivity index (χ3n) is 2.79. The van der Waals surface area contributed by atoms with E-state index in [4.69, 9.17) is 4.42 Å². The number of nitrogens with one attached hydrogen (secondary N) is 1. The summed E-state index contributed by atoms with van der Waals surface area (Å²) < 4.78 is 5.24. The molecule has 2 heterocycles. The predicted octanol–water partition coefficient (Wildman–Crippen LogP) is -1.35. The summed E-state index contributed by atoms with van der Waals surface area (Å²) >= 11 is 0. The van der Waals surface area contributed by atoms with E-state index in [9.17, 15) is 4.79 Å². The number of aryl methyl sites for hydroxylation is 1. The summed E-state index contributed by atoms with van der Waals surface area (Å²) in [6, 6.07) is 7.46. The molecular formula is C12H11N4NaO2. The molecule has 0 saturated carbocycles. The van der Waals surface area contributed by atoms with Crippen LogP contribution >= 0.6 is 0 Å². The van der Waals surface area contributed by atoms with E-state index >= 15 is 0 Å². The molecule has 0 aliphatic heterocycles. The summed E-state index contributed by atoms with van der Waals surface area (Å²) in [5, 5.41) is 14.2. The molecule has 0 amide bonds. The second kappa shape index (κ2) is 5.64. The molecule has 0 atom stereocenters. The molecule has 92 valence electrons. The molecule has 2 aromatic heterocycles. The standard InChI is InChI=1S/C12H10N4O2.Na.H/c1-2-7-3-4-10-8(5-7)6-9(12(17)18-10)11-13-15-16-14-11;;/h3-6H,2H2,1H3,(H,13,14,15,16);;/q;+1;-1. The average Bonchev–Trinajstić information content (AvgIpc) is 2.91. The number of aromatic amines is 1. The zero-order valence-corrected chi connectivity index (χ0v) is 12.7. The van der Waals surface area contributed by atoms with E-state index in [1.54, 1.807) is 12.1 Å². The van der Waals surface area contributed by atoms with Crippen LogP contribution in [0.25, 0.3) is 22.4 Å². The monoisotopic (exact) mass is 266 g/mol. The molecule has 0 radical (unpaired) electrons. The minimum Gasteiger partial charge on any atom is -1.00 e. The van der Waals surface area contributed by atoms with Crippen molar-refractivity contribution in [1.82, 2.24) is 20.6 Å². The fourth-order valence-electron chi connectivity index (χ4n) is 1.82. The van der Waals surface area contributed by atoms with Gasteiger partial charge in [0.15, 0.2) is 0 Å². The minimum absolute atomic E-state index is 0. The number of rotatable bonds is 2. The topological polar surface area (TPSA) is 84.7 Å². The summed E-state index contributed by atoms with van der Waals surface area (Å²) in [6.07, 6.45) is 0.923. The Morgan fingerprint density at radius 1 is 1.37 bits per heavy atom. The van der Waals surface area contributed by atoms with Crippen LogP contribution in [0, 0.1) is 0 Å². The number of fused-ring (bicyclic) bond motifs is 1. The SMILES string of the molecule is CCc1ccc2oc(=O)c(-c3nn[nH]n3)cc2c1.[H-].[Na+]. The summed E-state index contributed by atoms with van der Waals surface area (Å²) in [5.74, 6) is 0.243. The fraction of sp³-hybridized carbons (Fsp3) is 0.167. The first-order valence-electron chi connectivity index (χ1n) is 5.58. The largest absolute Gasteiger partial charge is 1.00 e. The molecule has 7 heteroatoms. The maximum atomic E-state index is 11.8. The number of hydrogen-bond donors (Lipinski definition) is 1. The number of hydrogen-bond acceptors (Lipinski definition) is 5. The fourth-order valence-corrected chi connectivity index (χ4v) is 1.82. The Bertz CT molecular complexity index is 758. The van der Waals surface area contributed by atoms with E-state index in [-0.39, 0.29) is 36.8 Å². The second-order valence-electron chi connectivity index (χ2n) is 3.91. The number of nitrogens with zero attached hydrogens (tertiary/aromatic N) is 3. The molecule has 0 unspecified atom stereocenters.